The number of rotatable bonds is 2. The molecule has 0 N–H and O–H groups in total. The number of piperazine rings is 1. The molecule has 1 aliphatic heterocycles. The Morgan fingerprint density at radius 1 is 1.15 bits per heavy atom. The molecule has 2 aromatic rings. The van der Waals surface area contributed by atoms with Crippen LogP contribution in [0.2, 0.25) is 0 Å². The van der Waals surface area contributed by atoms with E-state index in [1.807, 2.05) is 0 Å². The fraction of sp³-hybridized carbons (Fsp3) is 0.529. The van der Waals surface area contributed by atoms with E-state index >= 15 is 0 Å². The second kappa shape index (κ2) is 6.92. The normalized spacial score (nSPS) is 16.7. The van der Waals surface area contributed by atoms with E-state index in [4.69, 9.17) is 4.74 Å². The highest BCUT2D eigenvalue weighted by Gasteiger charge is 2.32. The fourth-order valence-corrected chi connectivity index (χ4v) is 5.30. The van der Waals surface area contributed by atoms with Crippen LogP contribution in [0.15, 0.2) is 27.9 Å². The van der Waals surface area contributed by atoms with Crippen molar-refractivity contribution in [1.82, 2.24) is 13.8 Å². The van der Waals surface area contributed by atoms with E-state index in [0.717, 1.165) is 11.3 Å². The molecule has 27 heavy (non-hydrogen) atoms. The van der Waals surface area contributed by atoms with Crippen molar-refractivity contribution in [1.29, 1.82) is 0 Å². The van der Waals surface area contributed by atoms with Crippen LogP contribution in [0.5, 0.6) is 0 Å². The zero-order valence-corrected chi connectivity index (χ0v) is 17.4. The van der Waals surface area contributed by atoms with Gasteiger partial charge in [-0.25, -0.2) is 13.2 Å². The van der Waals surface area contributed by atoms with Crippen molar-refractivity contribution in [2.24, 2.45) is 7.05 Å². The second-order valence-corrected chi connectivity index (χ2v) is 10.4. The molecule has 1 aromatic heterocycles. The van der Waals surface area contributed by atoms with E-state index < -0.39 is 21.7 Å². The predicted molar refractivity (Wildman–Crippen MR) is 104 cm³/mol. The Kier molecular flexibility index (Phi) is 5.08. The molecule has 8 nitrogen and oxygen atoms in total. The van der Waals surface area contributed by atoms with Crippen molar-refractivity contribution in [2.75, 3.05) is 26.2 Å². The van der Waals surface area contributed by atoms with Gasteiger partial charge in [-0.15, -0.1) is 0 Å². The number of amides is 1. The Morgan fingerprint density at radius 2 is 1.78 bits per heavy atom. The predicted octanol–water partition coefficient (Wildman–Crippen LogP) is 1.84. The van der Waals surface area contributed by atoms with Crippen molar-refractivity contribution in [2.45, 2.75) is 31.3 Å². The number of fused-ring (bicyclic) bond motifs is 1. The molecular formula is C17H23N3O5S2. The molecule has 1 fully saturated rings. The smallest absolute Gasteiger partial charge is 0.410 e. The average Bonchev–Trinajstić information content (AvgIpc) is 2.87. The summed E-state index contributed by atoms with van der Waals surface area (Å²) in [6.07, 6.45) is -0.435. The molecule has 0 radical (unpaired) electrons. The molecule has 10 heteroatoms. The third-order valence-electron chi connectivity index (χ3n) is 4.29. The summed E-state index contributed by atoms with van der Waals surface area (Å²) in [7, 11) is -2.03. The first-order valence-electron chi connectivity index (χ1n) is 8.57. The van der Waals surface area contributed by atoms with Gasteiger partial charge in [-0.2, -0.15) is 4.31 Å². The number of thiazole rings is 1. The highest BCUT2D eigenvalue weighted by Crippen LogP contribution is 2.24. The lowest BCUT2D eigenvalue weighted by Gasteiger charge is -2.34. The largest absolute Gasteiger partial charge is 0.444 e. The number of carbonyl (C=O) groups is 1. The van der Waals surface area contributed by atoms with Crippen molar-refractivity contribution in [3.8, 4) is 0 Å². The van der Waals surface area contributed by atoms with Gasteiger partial charge >= 0.3 is 11.0 Å². The molecule has 2 heterocycles. The Balaban J connectivity index is 1.75. The van der Waals surface area contributed by atoms with Gasteiger partial charge in [-0.1, -0.05) is 11.3 Å². The molecule has 1 amide bonds. The van der Waals surface area contributed by atoms with Crippen LogP contribution in [0, 0.1) is 0 Å². The number of sulfonamides is 1. The van der Waals surface area contributed by atoms with Crippen molar-refractivity contribution >= 4 is 37.7 Å². The topological polar surface area (TPSA) is 88.9 Å². The molecule has 0 aliphatic carbocycles. The SMILES string of the molecule is Cn1c(=O)sc2cc(S(=O)(=O)N3CCN(C(=O)OC(C)(C)C)CC3)ccc21. The van der Waals surface area contributed by atoms with Crippen LogP contribution in [0.3, 0.4) is 0 Å². The zero-order valence-electron chi connectivity index (χ0n) is 15.8. The second-order valence-electron chi connectivity index (χ2n) is 7.43. The van der Waals surface area contributed by atoms with Crippen LogP contribution in [-0.2, 0) is 21.8 Å². The van der Waals surface area contributed by atoms with E-state index in [2.05, 4.69) is 0 Å². The summed E-state index contributed by atoms with van der Waals surface area (Å²) in [5.41, 5.74) is 0.117. The molecule has 0 bridgehead atoms. The Labute approximate surface area is 162 Å². The first kappa shape index (κ1) is 19.8. The standard InChI is InChI=1S/C17H23N3O5S2/c1-17(2,3)25-15(21)19-7-9-20(10-8-19)27(23,24)12-5-6-13-14(11-12)26-16(22)18(13)4/h5-6,11H,7-10H2,1-4H3. The number of carbonyl (C=O) groups excluding carboxylic acids is 1. The van der Waals surface area contributed by atoms with Crippen molar-refractivity contribution < 1.29 is 17.9 Å². The van der Waals surface area contributed by atoms with Gasteiger partial charge in [0.15, 0.2) is 0 Å². The van der Waals surface area contributed by atoms with E-state index in [9.17, 15) is 18.0 Å². The number of hydrogen-bond acceptors (Lipinski definition) is 6. The summed E-state index contributed by atoms with van der Waals surface area (Å²) in [6.45, 7) is 6.32. The molecule has 0 unspecified atom stereocenters. The molecule has 0 spiro atoms. The third-order valence-corrected chi connectivity index (χ3v) is 7.18. The number of aryl methyl sites for hydroxylation is 1. The maximum absolute atomic E-state index is 12.9. The summed E-state index contributed by atoms with van der Waals surface area (Å²) >= 11 is 1.02. The van der Waals surface area contributed by atoms with Gasteiger partial charge in [0, 0.05) is 33.2 Å². The zero-order chi connectivity index (χ0) is 20.0. The maximum atomic E-state index is 12.9. The summed E-state index contributed by atoms with van der Waals surface area (Å²) < 4.78 is 34.7. The Bertz CT molecular complexity index is 1020. The van der Waals surface area contributed by atoms with Gasteiger partial charge in [-0.05, 0) is 39.0 Å². The quantitative estimate of drug-likeness (QED) is 0.750. The van der Waals surface area contributed by atoms with Crippen molar-refractivity contribution in [3.05, 3.63) is 27.9 Å². The summed E-state index contributed by atoms with van der Waals surface area (Å²) in [6, 6.07) is 4.71. The minimum atomic E-state index is -3.69. The Hall–Kier alpha value is -1.91. The molecule has 3 rings (SSSR count). The highest BCUT2D eigenvalue weighted by atomic mass is 32.2. The van der Waals surface area contributed by atoms with E-state index in [-0.39, 0.29) is 35.9 Å². The first-order chi connectivity index (χ1) is 12.5. The monoisotopic (exact) mass is 413 g/mol. The van der Waals surface area contributed by atoms with E-state index in [1.54, 1.807) is 33.9 Å². The van der Waals surface area contributed by atoms with Crippen LogP contribution in [0.1, 0.15) is 20.8 Å². The summed E-state index contributed by atoms with van der Waals surface area (Å²) in [4.78, 5) is 25.4. The first-order valence-corrected chi connectivity index (χ1v) is 10.8. The van der Waals surface area contributed by atoms with Gasteiger partial charge < -0.3 is 14.2 Å². The number of benzene rings is 1. The number of hydrogen-bond donors (Lipinski definition) is 0. The molecule has 1 aliphatic rings. The molecule has 1 saturated heterocycles. The molecule has 1 aromatic carbocycles. The molecule has 0 atom stereocenters. The number of ether oxygens (including phenoxy) is 1. The third kappa shape index (κ3) is 4.02. The highest BCUT2D eigenvalue weighted by molar-refractivity contribution is 7.89. The van der Waals surface area contributed by atoms with Gasteiger partial charge in [0.1, 0.15) is 5.60 Å². The lowest BCUT2D eigenvalue weighted by molar-refractivity contribution is 0.0192. The maximum Gasteiger partial charge on any atom is 0.410 e. The van der Waals surface area contributed by atoms with E-state index in [0.29, 0.717) is 10.2 Å². The average molecular weight is 414 g/mol. The van der Waals surface area contributed by atoms with Gasteiger partial charge in [-0.3, -0.25) is 4.79 Å². The molecule has 0 saturated carbocycles. The minimum absolute atomic E-state index is 0.134. The lowest BCUT2D eigenvalue weighted by Crippen LogP contribution is -2.51. The van der Waals surface area contributed by atoms with Gasteiger partial charge in [0.2, 0.25) is 10.0 Å². The molecule has 148 valence electrons. The number of aromatic nitrogens is 1. The lowest BCUT2D eigenvalue weighted by atomic mass is 10.2. The van der Waals surface area contributed by atoms with Gasteiger partial charge in [0.05, 0.1) is 15.1 Å². The van der Waals surface area contributed by atoms with Crippen LogP contribution in [0.4, 0.5) is 4.79 Å². The van der Waals surface area contributed by atoms with Gasteiger partial charge in [0.25, 0.3) is 0 Å². The van der Waals surface area contributed by atoms with Crippen LogP contribution < -0.4 is 4.87 Å². The van der Waals surface area contributed by atoms with Crippen molar-refractivity contribution in [3.63, 3.8) is 0 Å². The minimum Gasteiger partial charge on any atom is -0.444 e. The summed E-state index contributed by atoms with van der Waals surface area (Å²) in [5, 5.41) is 0. The molecular weight excluding hydrogens is 390 g/mol. The Morgan fingerprint density at radius 3 is 2.37 bits per heavy atom. The van der Waals surface area contributed by atoms with Crippen LogP contribution >= 0.6 is 11.3 Å². The van der Waals surface area contributed by atoms with Crippen LogP contribution in [0.25, 0.3) is 10.2 Å². The summed E-state index contributed by atoms with van der Waals surface area (Å²) in [5.74, 6) is 0. The fourth-order valence-electron chi connectivity index (χ4n) is 2.86. The number of nitrogens with zero attached hydrogens (tertiary/aromatic N) is 3. The van der Waals surface area contributed by atoms with Crippen LogP contribution in [-0.4, -0.2) is 60.1 Å². The van der Waals surface area contributed by atoms with E-state index in [1.165, 1.54) is 25.9 Å².